The molecule has 7 heteroatoms. The van der Waals surface area contributed by atoms with E-state index in [2.05, 4.69) is 28.1 Å². The Morgan fingerprint density at radius 1 is 0.684 bits per heavy atom. The topological polar surface area (TPSA) is 108 Å². The van der Waals surface area contributed by atoms with E-state index < -0.39 is 24.1 Å². The summed E-state index contributed by atoms with van der Waals surface area (Å²) in [5.74, 6) is -1.72. The van der Waals surface area contributed by atoms with Crippen molar-refractivity contribution in [2.45, 2.75) is 63.6 Å². The lowest BCUT2D eigenvalue weighted by molar-refractivity contribution is -0.139. The van der Waals surface area contributed by atoms with Gasteiger partial charge in [-0.25, -0.2) is 0 Å². The van der Waals surface area contributed by atoms with Gasteiger partial charge >= 0.3 is 5.97 Å². The predicted octanol–water partition coefficient (Wildman–Crippen LogP) is 4.59. The van der Waals surface area contributed by atoms with E-state index >= 15 is 0 Å². The molecule has 0 unspecified atom stereocenters. The van der Waals surface area contributed by atoms with Crippen molar-refractivity contribution in [3.05, 3.63) is 102 Å². The van der Waals surface area contributed by atoms with Crippen molar-refractivity contribution < 1.29 is 19.5 Å². The Labute approximate surface area is 224 Å². The van der Waals surface area contributed by atoms with Crippen LogP contribution in [-0.4, -0.2) is 41.0 Å². The maximum absolute atomic E-state index is 13.4. The number of nitrogens with one attached hydrogen (secondary N) is 3. The van der Waals surface area contributed by atoms with Gasteiger partial charge in [0, 0.05) is 5.69 Å². The first-order valence-electron chi connectivity index (χ1n) is 13.2. The number of benzene rings is 3. The second-order valence-corrected chi connectivity index (χ2v) is 9.45. The highest BCUT2D eigenvalue weighted by molar-refractivity contribution is 5.97. The molecule has 0 aromatic heterocycles. The van der Waals surface area contributed by atoms with Crippen LogP contribution in [0.2, 0.25) is 0 Å². The van der Waals surface area contributed by atoms with Crippen molar-refractivity contribution in [2.24, 2.45) is 0 Å². The lowest BCUT2D eigenvalue weighted by Crippen LogP contribution is -2.54. The number of aliphatic carboxylic acids is 1. The summed E-state index contributed by atoms with van der Waals surface area (Å²) < 4.78 is 0. The number of hydrogen-bond acceptors (Lipinski definition) is 4. The van der Waals surface area contributed by atoms with Gasteiger partial charge in [0.15, 0.2) is 0 Å². The molecule has 3 aromatic rings. The number of carboxylic acid groups (broad SMARTS) is 1. The van der Waals surface area contributed by atoms with E-state index in [1.807, 2.05) is 66.7 Å². The molecule has 4 N–H and O–H groups in total. The summed E-state index contributed by atoms with van der Waals surface area (Å²) >= 11 is 0. The van der Waals surface area contributed by atoms with Crippen molar-refractivity contribution in [3.8, 4) is 0 Å². The third-order valence-electron chi connectivity index (χ3n) is 6.43. The Hall–Kier alpha value is -3.97. The summed E-state index contributed by atoms with van der Waals surface area (Å²) in [5.41, 5.74) is 2.93. The number of para-hydroxylation sites is 1. The summed E-state index contributed by atoms with van der Waals surface area (Å²) in [6, 6.07) is 26.6. The second-order valence-electron chi connectivity index (χ2n) is 9.45. The average Bonchev–Trinajstić information content (AvgIpc) is 2.94. The zero-order chi connectivity index (χ0) is 27.2. The van der Waals surface area contributed by atoms with Crippen molar-refractivity contribution in [2.75, 3.05) is 5.32 Å². The Balaban J connectivity index is 1.67. The van der Waals surface area contributed by atoms with Crippen LogP contribution in [0.4, 0.5) is 5.69 Å². The summed E-state index contributed by atoms with van der Waals surface area (Å²) in [6.07, 6.45) is 3.97. The molecule has 0 aliphatic rings. The number of unbranched alkanes of at least 4 members (excludes halogenated alkanes) is 1. The molecule has 3 atom stereocenters. The third kappa shape index (κ3) is 9.82. The fraction of sp³-hybridized carbons (Fsp3) is 0.323. The molecular formula is C31H37N3O4. The Bertz CT molecular complexity index is 1140. The van der Waals surface area contributed by atoms with Crippen LogP contribution >= 0.6 is 0 Å². The van der Waals surface area contributed by atoms with Gasteiger partial charge in [-0.15, -0.1) is 0 Å². The lowest BCUT2D eigenvalue weighted by atomic mass is 10.0. The molecule has 7 nitrogen and oxygen atoms in total. The minimum atomic E-state index is -1.04. The average molecular weight is 516 g/mol. The number of rotatable bonds is 15. The van der Waals surface area contributed by atoms with Gasteiger partial charge < -0.3 is 15.7 Å². The second kappa shape index (κ2) is 15.3. The molecule has 0 aliphatic carbocycles. The highest BCUT2D eigenvalue weighted by Gasteiger charge is 2.27. The van der Waals surface area contributed by atoms with E-state index in [0.29, 0.717) is 24.9 Å². The first kappa shape index (κ1) is 28.6. The number of carbonyl (C=O) groups is 3. The summed E-state index contributed by atoms with van der Waals surface area (Å²) in [7, 11) is 0. The molecular weight excluding hydrogens is 478 g/mol. The summed E-state index contributed by atoms with van der Waals surface area (Å²) in [5, 5.41) is 18.1. The SMILES string of the molecule is C[C@@H](N[C@@H](CCc1ccccc1)C(=O)N[C@@H](CCCCc1ccccc1)C(=O)Nc1ccccc1)C(=O)O. The largest absolute Gasteiger partial charge is 0.480 e. The fourth-order valence-corrected chi connectivity index (χ4v) is 4.23. The van der Waals surface area contributed by atoms with Gasteiger partial charge in [0.25, 0.3) is 0 Å². The number of carboxylic acids is 1. The van der Waals surface area contributed by atoms with Crippen molar-refractivity contribution in [1.29, 1.82) is 0 Å². The van der Waals surface area contributed by atoms with Crippen LogP contribution in [0.5, 0.6) is 0 Å². The molecule has 0 saturated carbocycles. The van der Waals surface area contributed by atoms with Gasteiger partial charge in [-0.1, -0.05) is 85.3 Å². The first-order chi connectivity index (χ1) is 18.4. The first-order valence-corrected chi connectivity index (χ1v) is 13.2. The van der Waals surface area contributed by atoms with Crippen molar-refractivity contribution >= 4 is 23.5 Å². The molecule has 200 valence electrons. The highest BCUT2D eigenvalue weighted by Crippen LogP contribution is 2.13. The third-order valence-corrected chi connectivity index (χ3v) is 6.43. The number of aryl methyl sites for hydroxylation is 2. The van der Waals surface area contributed by atoms with E-state index in [1.165, 1.54) is 12.5 Å². The molecule has 3 aromatic carbocycles. The Kier molecular flexibility index (Phi) is 11.5. The molecule has 0 radical (unpaired) electrons. The highest BCUT2D eigenvalue weighted by atomic mass is 16.4. The molecule has 0 spiro atoms. The van der Waals surface area contributed by atoms with Crippen molar-refractivity contribution in [3.63, 3.8) is 0 Å². The number of amides is 2. The number of carbonyl (C=O) groups excluding carboxylic acids is 2. The Morgan fingerprint density at radius 2 is 1.24 bits per heavy atom. The van der Waals surface area contributed by atoms with Gasteiger partial charge in [-0.05, 0) is 62.3 Å². The van der Waals surface area contributed by atoms with Crippen LogP contribution in [-0.2, 0) is 27.2 Å². The molecule has 2 amide bonds. The smallest absolute Gasteiger partial charge is 0.320 e. The maximum Gasteiger partial charge on any atom is 0.320 e. The minimum Gasteiger partial charge on any atom is -0.480 e. The van der Waals surface area contributed by atoms with Crippen LogP contribution in [0.15, 0.2) is 91.0 Å². The van der Waals surface area contributed by atoms with Gasteiger partial charge in [0.05, 0.1) is 6.04 Å². The van der Waals surface area contributed by atoms with Gasteiger partial charge in [0.1, 0.15) is 12.1 Å². The molecule has 0 aliphatic heterocycles. The van der Waals surface area contributed by atoms with Crippen molar-refractivity contribution in [1.82, 2.24) is 10.6 Å². The Morgan fingerprint density at radius 3 is 1.82 bits per heavy atom. The van der Waals surface area contributed by atoms with Crippen LogP contribution in [0.3, 0.4) is 0 Å². The zero-order valence-corrected chi connectivity index (χ0v) is 21.8. The monoisotopic (exact) mass is 515 g/mol. The van der Waals surface area contributed by atoms with Gasteiger partial charge in [-0.3, -0.25) is 19.7 Å². The van der Waals surface area contributed by atoms with Crippen LogP contribution in [0, 0.1) is 0 Å². The van der Waals surface area contributed by atoms with E-state index in [1.54, 1.807) is 12.1 Å². The van der Waals surface area contributed by atoms with E-state index in [0.717, 1.165) is 24.8 Å². The standard InChI is InChI=1S/C31H37N3O4/c1-23(31(37)38)32-28(22-21-25-15-7-3-8-16-25)30(36)34-27(29(35)33-26-18-9-4-10-19-26)20-12-11-17-24-13-5-2-6-14-24/h2-10,13-16,18-19,23,27-28,32H,11-12,17,20-22H2,1H3,(H,33,35)(H,34,36)(H,37,38)/t23-,27+,28+/m1/s1. The lowest BCUT2D eigenvalue weighted by Gasteiger charge is -2.25. The van der Waals surface area contributed by atoms with Crippen LogP contribution in [0.25, 0.3) is 0 Å². The molecule has 0 saturated heterocycles. The number of hydrogen-bond donors (Lipinski definition) is 4. The van der Waals surface area contributed by atoms with E-state index in [9.17, 15) is 19.5 Å². The fourth-order valence-electron chi connectivity index (χ4n) is 4.23. The minimum absolute atomic E-state index is 0.294. The van der Waals surface area contributed by atoms with E-state index in [4.69, 9.17) is 0 Å². The quantitative estimate of drug-likeness (QED) is 0.222. The molecule has 0 fully saturated rings. The normalized spacial score (nSPS) is 13.2. The molecule has 0 bridgehead atoms. The summed E-state index contributed by atoms with van der Waals surface area (Å²) in [6.45, 7) is 1.51. The molecule has 3 rings (SSSR count). The molecule has 0 heterocycles. The van der Waals surface area contributed by atoms with Crippen LogP contribution in [0.1, 0.15) is 43.7 Å². The molecule has 38 heavy (non-hydrogen) atoms. The summed E-state index contributed by atoms with van der Waals surface area (Å²) in [4.78, 5) is 38.1. The van der Waals surface area contributed by atoms with Gasteiger partial charge in [0.2, 0.25) is 11.8 Å². The maximum atomic E-state index is 13.4. The number of anilines is 1. The van der Waals surface area contributed by atoms with Crippen LogP contribution < -0.4 is 16.0 Å². The predicted molar refractivity (Wildman–Crippen MR) is 150 cm³/mol. The van der Waals surface area contributed by atoms with E-state index in [-0.39, 0.29) is 11.8 Å². The zero-order valence-electron chi connectivity index (χ0n) is 21.8. The van der Waals surface area contributed by atoms with Gasteiger partial charge in [-0.2, -0.15) is 0 Å².